The normalized spacial score (nSPS) is 16.2. The van der Waals surface area contributed by atoms with Crippen molar-refractivity contribution < 1.29 is 9.59 Å². The van der Waals surface area contributed by atoms with E-state index in [0.29, 0.717) is 21.3 Å². The van der Waals surface area contributed by atoms with Crippen LogP contribution in [0.5, 0.6) is 0 Å². The number of halogens is 2. The van der Waals surface area contributed by atoms with Crippen LogP contribution in [0.4, 0.5) is 11.4 Å². The van der Waals surface area contributed by atoms with E-state index in [0.717, 1.165) is 43.5 Å². The number of carbonyl (C=O) groups is 2. The lowest BCUT2D eigenvalue weighted by molar-refractivity contribution is -0.119. The second-order valence-corrected chi connectivity index (χ2v) is 7.61. The predicted molar refractivity (Wildman–Crippen MR) is 104 cm³/mol. The van der Waals surface area contributed by atoms with Crippen LogP contribution < -0.4 is 10.2 Å². The number of hydrogen-bond donors (Lipinski definition) is 1. The molecule has 0 unspecified atom stereocenters. The first-order valence-electron chi connectivity index (χ1n) is 8.73. The summed E-state index contributed by atoms with van der Waals surface area (Å²) in [6, 6.07) is 10.5. The number of fused-ring (bicyclic) bond motifs is 1. The number of nitrogens with one attached hydrogen (secondary N) is 1. The van der Waals surface area contributed by atoms with Crippen LogP contribution in [0, 0.1) is 5.92 Å². The molecule has 0 atom stereocenters. The highest BCUT2D eigenvalue weighted by Crippen LogP contribution is 2.37. The Hall–Kier alpha value is -2.04. The minimum absolute atomic E-state index is 0.176. The average Bonchev–Trinajstić information content (AvgIpc) is 3.48. The smallest absolute Gasteiger partial charge is 0.255 e. The fraction of sp³-hybridized carbons (Fsp3) is 0.300. The first-order chi connectivity index (χ1) is 12.5. The van der Waals surface area contributed by atoms with Gasteiger partial charge in [-0.25, -0.2) is 0 Å². The fourth-order valence-corrected chi connectivity index (χ4v) is 3.57. The van der Waals surface area contributed by atoms with Crippen molar-refractivity contribution >= 4 is 46.4 Å². The molecule has 2 aromatic rings. The molecule has 1 N–H and O–H groups in total. The highest BCUT2D eigenvalue weighted by atomic mass is 35.5. The van der Waals surface area contributed by atoms with E-state index in [9.17, 15) is 9.59 Å². The maximum Gasteiger partial charge on any atom is 0.255 e. The van der Waals surface area contributed by atoms with E-state index in [1.54, 1.807) is 18.2 Å². The van der Waals surface area contributed by atoms with Crippen LogP contribution >= 0.6 is 23.2 Å². The number of carbonyl (C=O) groups excluding carboxylic acids is 2. The lowest BCUT2D eigenvalue weighted by Crippen LogP contribution is -2.36. The molecule has 0 spiro atoms. The van der Waals surface area contributed by atoms with Gasteiger partial charge in [-0.1, -0.05) is 29.3 Å². The SMILES string of the molecule is O=C(Nc1ccc2c(c1)N(C(=O)C1CC1)CCC2)c1ccc(Cl)c(Cl)c1. The molecule has 4 rings (SSSR count). The van der Waals surface area contributed by atoms with Gasteiger partial charge >= 0.3 is 0 Å². The summed E-state index contributed by atoms with van der Waals surface area (Å²) in [7, 11) is 0. The highest BCUT2D eigenvalue weighted by molar-refractivity contribution is 6.42. The summed E-state index contributed by atoms with van der Waals surface area (Å²) < 4.78 is 0. The molecule has 1 aliphatic carbocycles. The van der Waals surface area contributed by atoms with Gasteiger partial charge in [-0.15, -0.1) is 0 Å². The Morgan fingerprint density at radius 2 is 1.85 bits per heavy atom. The van der Waals surface area contributed by atoms with Gasteiger partial charge in [0.2, 0.25) is 5.91 Å². The van der Waals surface area contributed by atoms with Gasteiger partial charge in [0.1, 0.15) is 0 Å². The number of aryl methyl sites for hydroxylation is 1. The van der Waals surface area contributed by atoms with Crippen LogP contribution in [0.2, 0.25) is 10.0 Å². The molecule has 2 aromatic carbocycles. The van der Waals surface area contributed by atoms with Crippen molar-refractivity contribution in [3.05, 3.63) is 57.6 Å². The Morgan fingerprint density at radius 1 is 1.04 bits per heavy atom. The van der Waals surface area contributed by atoms with E-state index in [2.05, 4.69) is 5.32 Å². The number of rotatable bonds is 3. The Labute approximate surface area is 162 Å². The average molecular weight is 389 g/mol. The zero-order chi connectivity index (χ0) is 18.3. The molecule has 2 amide bonds. The first-order valence-corrected chi connectivity index (χ1v) is 9.49. The molecule has 134 valence electrons. The summed E-state index contributed by atoms with van der Waals surface area (Å²) in [4.78, 5) is 26.9. The van der Waals surface area contributed by atoms with Crippen molar-refractivity contribution in [1.29, 1.82) is 0 Å². The van der Waals surface area contributed by atoms with Crippen LogP contribution in [-0.2, 0) is 11.2 Å². The number of amides is 2. The second-order valence-electron chi connectivity index (χ2n) is 6.79. The van der Waals surface area contributed by atoms with Gasteiger partial charge in [0.05, 0.1) is 10.0 Å². The van der Waals surface area contributed by atoms with E-state index >= 15 is 0 Å². The Bertz CT molecular complexity index is 893. The summed E-state index contributed by atoms with van der Waals surface area (Å²) in [5.41, 5.74) is 3.16. The van der Waals surface area contributed by atoms with Gasteiger partial charge in [0, 0.05) is 29.4 Å². The van der Waals surface area contributed by atoms with Crippen molar-refractivity contribution in [3.63, 3.8) is 0 Å². The monoisotopic (exact) mass is 388 g/mol. The van der Waals surface area contributed by atoms with Crippen LogP contribution in [0.1, 0.15) is 35.2 Å². The summed E-state index contributed by atoms with van der Waals surface area (Å²) in [5.74, 6) is 0.119. The summed E-state index contributed by atoms with van der Waals surface area (Å²) in [5, 5.41) is 3.63. The van der Waals surface area contributed by atoms with Crippen molar-refractivity contribution in [2.45, 2.75) is 25.7 Å². The van der Waals surface area contributed by atoms with E-state index in [1.807, 2.05) is 23.1 Å². The first kappa shape index (κ1) is 17.4. The van der Waals surface area contributed by atoms with Crippen LogP contribution in [0.25, 0.3) is 0 Å². The van der Waals surface area contributed by atoms with Crippen molar-refractivity contribution in [1.82, 2.24) is 0 Å². The van der Waals surface area contributed by atoms with Crippen molar-refractivity contribution in [2.24, 2.45) is 5.92 Å². The molecular formula is C20H18Cl2N2O2. The number of anilines is 2. The molecule has 0 bridgehead atoms. The van der Waals surface area contributed by atoms with Gasteiger partial charge < -0.3 is 10.2 Å². The third-order valence-corrected chi connectivity index (χ3v) is 5.58. The maximum absolute atomic E-state index is 12.6. The molecule has 0 aromatic heterocycles. The van der Waals surface area contributed by atoms with Crippen LogP contribution in [0.15, 0.2) is 36.4 Å². The fourth-order valence-electron chi connectivity index (χ4n) is 3.27. The minimum atomic E-state index is -0.264. The van der Waals surface area contributed by atoms with Gasteiger partial charge in [0.25, 0.3) is 5.91 Å². The predicted octanol–water partition coefficient (Wildman–Crippen LogP) is 4.93. The Kier molecular flexibility index (Phi) is 4.63. The largest absolute Gasteiger partial charge is 0.322 e. The summed E-state index contributed by atoms with van der Waals surface area (Å²) in [6.07, 6.45) is 3.89. The Balaban J connectivity index is 1.57. The van der Waals surface area contributed by atoms with Gasteiger partial charge in [-0.2, -0.15) is 0 Å². The van der Waals surface area contributed by atoms with Crippen molar-refractivity contribution in [3.8, 4) is 0 Å². The third kappa shape index (κ3) is 3.44. The molecule has 2 aliphatic rings. The van der Waals surface area contributed by atoms with E-state index in [-0.39, 0.29) is 17.7 Å². The Morgan fingerprint density at radius 3 is 2.58 bits per heavy atom. The lowest BCUT2D eigenvalue weighted by Gasteiger charge is -2.30. The molecule has 0 radical (unpaired) electrons. The van der Waals surface area contributed by atoms with Crippen molar-refractivity contribution in [2.75, 3.05) is 16.8 Å². The molecule has 4 nitrogen and oxygen atoms in total. The zero-order valence-corrected chi connectivity index (χ0v) is 15.6. The van der Waals surface area contributed by atoms with Crippen LogP contribution in [-0.4, -0.2) is 18.4 Å². The van der Waals surface area contributed by atoms with Gasteiger partial charge in [-0.3, -0.25) is 9.59 Å². The maximum atomic E-state index is 12.6. The quantitative estimate of drug-likeness (QED) is 0.809. The molecule has 0 saturated heterocycles. The number of benzene rings is 2. The molecule has 1 fully saturated rings. The lowest BCUT2D eigenvalue weighted by atomic mass is 10.0. The highest BCUT2D eigenvalue weighted by Gasteiger charge is 2.35. The second kappa shape index (κ2) is 6.93. The molecule has 26 heavy (non-hydrogen) atoms. The van der Waals surface area contributed by atoms with Crippen LogP contribution in [0.3, 0.4) is 0 Å². The van der Waals surface area contributed by atoms with E-state index in [1.165, 1.54) is 0 Å². The minimum Gasteiger partial charge on any atom is -0.322 e. The molecule has 1 saturated carbocycles. The summed E-state index contributed by atoms with van der Waals surface area (Å²) in [6.45, 7) is 0.743. The summed E-state index contributed by atoms with van der Waals surface area (Å²) >= 11 is 11.9. The zero-order valence-electron chi connectivity index (χ0n) is 14.1. The standard InChI is InChI=1S/C20H18Cl2N2O2/c21-16-8-6-14(10-17(16)22)19(25)23-15-7-5-12-2-1-9-24(18(12)11-15)20(26)13-3-4-13/h5-8,10-11,13H,1-4,9H2,(H,23,25). The molecule has 1 heterocycles. The van der Waals surface area contributed by atoms with E-state index < -0.39 is 0 Å². The number of hydrogen-bond acceptors (Lipinski definition) is 2. The van der Waals surface area contributed by atoms with E-state index in [4.69, 9.17) is 23.2 Å². The molecule has 6 heteroatoms. The molecular weight excluding hydrogens is 371 g/mol. The third-order valence-electron chi connectivity index (χ3n) is 4.84. The van der Waals surface area contributed by atoms with Gasteiger partial charge in [0.15, 0.2) is 0 Å². The van der Waals surface area contributed by atoms with Gasteiger partial charge in [-0.05, 0) is 61.6 Å². The topological polar surface area (TPSA) is 49.4 Å². The molecule has 1 aliphatic heterocycles. The number of nitrogens with zero attached hydrogens (tertiary/aromatic N) is 1.